The molecule has 1 fully saturated rings. The van der Waals surface area contributed by atoms with Crippen LogP contribution in [0.4, 0.5) is 15.9 Å². The second-order valence-corrected chi connectivity index (χ2v) is 7.74. The van der Waals surface area contributed by atoms with Crippen molar-refractivity contribution in [3.8, 4) is 0 Å². The topological polar surface area (TPSA) is 62.5 Å². The SMILES string of the molecule is C[C@@H]1CCc2ccc(F)cc2[C@@H]2CCCN2c2ccn3ncc(c3n2)NC1=O. The summed E-state index contributed by atoms with van der Waals surface area (Å²) in [6.07, 6.45) is 6.94. The quantitative estimate of drug-likeness (QED) is 0.646. The number of benzene rings is 1. The highest BCUT2D eigenvalue weighted by atomic mass is 19.1. The Morgan fingerprint density at radius 1 is 1.25 bits per heavy atom. The van der Waals surface area contributed by atoms with Crippen molar-refractivity contribution in [2.75, 3.05) is 16.8 Å². The maximum Gasteiger partial charge on any atom is 0.227 e. The predicted molar refractivity (Wildman–Crippen MR) is 105 cm³/mol. The summed E-state index contributed by atoms with van der Waals surface area (Å²) in [5.41, 5.74) is 3.38. The van der Waals surface area contributed by atoms with Crippen LogP contribution < -0.4 is 10.2 Å². The molecule has 0 radical (unpaired) electrons. The number of nitrogens with zero attached hydrogens (tertiary/aromatic N) is 4. The van der Waals surface area contributed by atoms with Crippen molar-refractivity contribution in [2.45, 2.75) is 38.6 Å². The van der Waals surface area contributed by atoms with Crippen molar-refractivity contribution in [2.24, 2.45) is 5.92 Å². The number of carbonyl (C=O) groups excluding carboxylic acids is 1. The molecular weight excluding hydrogens is 357 g/mol. The lowest BCUT2D eigenvalue weighted by Crippen LogP contribution is -2.25. The van der Waals surface area contributed by atoms with E-state index in [1.807, 2.05) is 25.3 Å². The highest BCUT2D eigenvalue weighted by Gasteiger charge is 2.30. The predicted octanol–water partition coefficient (Wildman–Crippen LogP) is 3.73. The van der Waals surface area contributed by atoms with Gasteiger partial charge in [0, 0.05) is 18.7 Å². The summed E-state index contributed by atoms with van der Waals surface area (Å²) >= 11 is 0. The molecule has 1 N–H and O–H groups in total. The number of nitrogens with one attached hydrogen (secondary N) is 1. The molecule has 2 aliphatic rings. The fourth-order valence-electron chi connectivity index (χ4n) is 4.33. The first-order chi connectivity index (χ1) is 13.6. The van der Waals surface area contributed by atoms with Gasteiger partial charge in [0.15, 0.2) is 5.65 Å². The minimum atomic E-state index is -0.220. The number of aryl methyl sites for hydroxylation is 1. The molecule has 3 aromatic rings. The molecule has 2 atom stereocenters. The van der Waals surface area contributed by atoms with Crippen LogP contribution in [-0.2, 0) is 11.2 Å². The minimum Gasteiger partial charge on any atom is -0.349 e. The molecule has 1 saturated heterocycles. The van der Waals surface area contributed by atoms with E-state index in [1.54, 1.807) is 16.8 Å². The zero-order valence-electron chi connectivity index (χ0n) is 15.7. The van der Waals surface area contributed by atoms with E-state index in [-0.39, 0.29) is 23.7 Å². The highest BCUT2D eigenvalue weighted by Crippen LogP contribution is 2.38. The van der Waals surface area contributed by atoms with Crippen LogP contribution in [0.25, 0.3) is 5.65 Å². The third kappa shape index (κ3) is 2.82. The summed E-state index contributed by atoms with van der Waals surface area (Å²) in [5.74, 6) is 0.387. The summed E-state index contributed by atoms with van der Waals surface area (Å²) in [4.78, 5) is 19.7. The molecule has 0 aliphatic carbocycles. The van der Waals surface area contributed by atoms with Gasteiger partial charge in [-0.05, 0) is 55.0 Å². The van der Waals surface area contributed by atoms with Crippen molar-refractivity contribution in [3.05, 3.63) is 53.6 Å². The molecule has 6 nitrogen and oxygen atoms in total. The van der Waals surface area contributed by atoms with Crippen LogP contribution >= 0.6 is 0 Å². The Kier molecular flexibility index (Phi) is 4.03. The fraction of sp³-hybridized carbons (Fsp3) is 0.381. The molecule has 0 saturated carbocycles. The van der Waals surface area contributed by atoms with E-state index in [1.165, 1.54) is 6.07 Å². The number of amides is 1. The van der Waals surface area contributed by atoms with E-state index in [0.717, 1.165) is 42.8 Å². The van der Waals surface area contributed by atoms with Gasteiger partial charge >= 0.3 is 0 Å². The standard InChI is InChI=1S/C21H22FN5O/c1-13-4-5-14-6-7-15(22)11-16(14)18-3-2-9-26(18)19-8-10-27-20(25-19)17(12-23-27)24-21(13)28/h6-8,10-13,18H,2-5,9H2,1H3,(H,24,28)/t13-,18+/m1/s1. The van der Waals surface area contributed by atoms with Crippen LogP contribution in [0.15, 0.2) is 36.7 Å². The van der Waals surface area contributed by atoms with Crippen LogP contribution in [0.1, 0.15) is 43.4 Å². The third-order valence-corrected chi connectivity index (χ3v) is 5.92. The molecule has 28 heavy (non-hydrogen) atoms. The number of rotatable bonds is 0. The van der Waals surface area contributed by atoms with Crippen LogP contribution in [0.5, 0.6) is 0 Å². The number of aromatic nitrogens is 3. The second-order valence-electron chi connectivity index (χ2n) is 7.74. The number of hydrogen-bond donors (Lipinski definition) is 1. The van der Waals surface area contributed by atoms with Crippen molar-refractivity contribution in [1.29, 1.82) is 0 Å². The molecule has 0 spiro atoms. The highest BCUT2D eigenvalue weighted by molar-refractivity contribution is 5.95. The summed E-state index contributed by atoms with van der Waals surface area (Å²) in [6.45, 7) is 2.79. The molecule has 5 rings (SSSR count). The lowest BCUT2D eigenvalue weighted by atomic mass is 9.92. The molecule has 4 heterocycles. The van der Waals surface area contributed by atoms with Crippen LogP contribution in [0.2, 0.25) is 0 Å². The Bertz CT molecular complexity index is 1060. The number of carbonyl (C=O) groups is 1. The summed E-state index contributed by atoms with van der Waals surface area (Å²) < 4.78 is 15.8. The summed E-state index contributed by atoms with van der Waals surface area (Å²) in [5, 5.41) is 7.27. The first-order valence-corrected chi connectivity index (χ1v) is 9.80. The lowest BCUT2D eigenvalue weighted by Gasteiger charge is -2.28. The van der Waals surface area contributed by atoms with E-state index in [9.17, 15) is 9.18 Å². The van der Waals surface area contributed by atoms with Gasteiger partial charge in [-0.3, -0.25) is 4.79 Å². The van der Waals surface area contributed by atoms with E-state index < -0.39 is 0 Å². The van der Waals surface area contributed by atoms with Gasteiger partial charge < -0.3 is 10.2 Å². The Balaban J connectivity index is 1.68. The van der Waals surface area contributed by atoms with E-state index in [4.69, 9.17) is 4.98 Å². The number of hydrogen-bond acceptors (Lipinski definition) is 4. The first-order valence-electron chi connectivity index (χ1n) is 9.80. The Morgan fingerprint density at radius 3 is 3.04 bits per heavy atom. The van der Waals surface area contributed by atoms with E-state index in [2.05, 4.69) is 15.3 Å². The molecule has 2 bridgehead atoms. The summed E-state index contributed by atoms with van der Waals surface area (Å²) in [7, 11) is 0. The van der Waals surface area contributed by atoms with Crippen molar-refractivity contribution >= 4 is 23.1 Å². The molecule has 0 unspecified atom stereocenters. The van der Waals surface area contributed by atoms with Crippen molar-refractivity contribution in [3.63, 3.8) is 0 Å². The van der Waals surface area contributed by atoms with Crippen molar-refractivity contribution in [1.82, 2.24) is 14.6 Å². The van der Waals surface area contributed by atoms with Gasteiger partial charge in [0.1, 0.15) is 17.3 Å². The number of halogens is 1. The number of fused-ring (bicyclic) bond motifs is 5. The second kappa shape index (κ2) is 6.58. The zero-order valence-corrected chi connectivity index (χ0v) is 15.7. The smallest absolute Gasteiger partial charge is 0.227 e. The molecule has 2 aromatic heterocycles. The van der Waals surface area contributed by atoms with Crippen molar-refractivity contribution < 1.29 is 9.18 Å². The molecule has 7 heteroatoms. The molecule has 2 aliphatic heterocycles. The molecule has 144 valence electrons. The Labute approximate surface area is 162 Å². The van der Waals surface area contributed by atoms with Crippen LogP contribution in [-0.4, -0.2) is 27.0 Å². The Hall–Kier alpha value is -2.96. The lowest BCUT2D eigenvalue weighted by molar-refractivity contribution is -0.119. The maximum atomic E-state index is 14.1. The number of anilines is 2. The average Bonchev–Trinajstić information content (AvgIpc) is 3.33. The van der Waals surface area contributed by atoms with Gasteiger partial charge in [0.05, 0.1) is 12.2 Å². The van der Waals surface area contributed by atoms with Gasteiger partial charge in [-0.25, -0.2) is 13.9 Å². The first kappa shape index (κ1) is 17.2. The normalized spacial score (nSPS) is 22.2. The fourth-order valence-corrected chi connectivity index (χ4v) is 4.33. The molecular formula is C21H22FN5O. The Morgan fingerprint density at radius 2 is 2.14 bits per heavy atom. The zero-order chi connectivity index (χ0) is 19.3. The third-order valence-electron chi connectivity index (χ3n) is 5.92. The molecule has 1 amide bonds. The van der Waals surface area contributed by atoms with Gasteiger partial charge in [-0.15, -0.1) is 0 Å². The summed E-state index contributed by atoms with van der Waals surface area (Å²) in [6, 6.07) is 7.07. The molecule has 1 aromatic carbocycles. The van der Waals surface area contributed by atoms with Gasteiger partial charge in [-0.2, -0.15) is 5.10 Å². The van der Waals surface area contributed by atoms with E-state index in [0.29, 0.717) is 17.8 Å². The van der Waals surface area contributed by atoms with E-state index >= 15 is 0 Å². The van der Waals surface area contributed by atoms with Gasteiger partial charge in [0.25, 0.3) is 0 Å². The van der Waals surface area contributed by atoms with Gasteiger partial charge in [-0.1, -0.05) is 13.0 Å². The van der Waals surface area contributed by atoms with Crippen LogP contribution in [0.3, 0.4) is 0 Å². The maximum absolute atomic E-state index is 14.1. The monoisotopic (exact) mass is 379 g/mol. The average molecular weight is 379 g/mol. The minimum absolute atomic E-state index is 0.0505. The van der Waals surface area contributed by atoms with Crippen LogP contribution in [0, 0.1) is 11.7 Å². The largest absolute Gasteiger partial charge is 0.349 e. The van der Waals surface area contributed by atoms with Gasteiger partial charge in [0.2, 0.25) is 5.91 Å².